The zero-order chi connectivity index (χ0) is 30.5. The molecular formula is C38H58B2O2. The molecule has 2 fully saturated rings. The molecule has 2 aromatic rings. The van der Waals surface area contributed by atoms with Gasteiger partial charge in [0.1, 0.15) is 12.2 Å². The molecule has 0 amide bonds. The highest BCUT2D eigenvalue weighted by atomic mass is 16.5. The molecular weight excluding hydrogens is 510 g/mol. The van der Waals surface area contributed by atoms with Crippen LogP contribution in [0.25, 0.3) is 11.1 Å². The highest BCUT2D eigenvalue weighted by Gasteiger charge is 2.50. The zero-order valence-corrected chi connectivity index (χ0v) is 28.7. The molecule has 4 heteroatoms. The number of benzene rings is 2. The van der Waals surface area contributed by atoms with Crippen molar-refractivity contribution in [1.82, 2.24) is 0 Å². The van der Waals surface area contributed by atoms with Crippen LogP contribution in [0.5, 0.6) is 0 Å². The number of hydrogen-bond donors (Lipinski definition) is 0. The molecule has 0 spiro atoms. The molecule has 2 aliphatic heterocycles. The maximum Gasteiger partial charge on any atom is 0.176 e. The number of hydrogen-bond acceptors (Lipinski definition) is 2. The molecule has 0 saturated carbocycles. The molecule has 2 atom stereocenters. The highest BCUT2D eigenvalue weighted by Crippen LogP contribution is 2.55. The topological polar surface area (TPSA) is 18.5 Å². The van der Waals surface area contributed by atoms with Gasteiger partial charge in [-0.25, -0.2) is 0 Å². The average molecular weight is 569 g/mol. The van der Waals surface area contributed by atoms with Gasteiger partial charge in [-0.15, -0.1) is 0 Å². The third kappa shape index (κ3) is 5.81. The summed E-state index contributed by atoms with van der Waals surface area (Å²) in [7, 11) is 0. The van der Waals surface area contributed by atoms with Gasteiger partial charge in [0.15, 0.2) is 13.4 Å². The Morgan fingerprint density at radius 2 is 0.905 bits per heavy atom. The maximum atomic E-state index is 6.86. The Morgan fingerprint density at radius 1 is 0.571 bits per heavy atom. The van der Waals surface area contributed by atoms with E-state index in [0.29, 0.717) is 35.1 Å². The minimum absolute atomic E-state index is 0.0648. The van der Waals surface area contributed by atoms with Crippen LogP contribution in [0.3, 0.4) is 0 Å². The third-order valence-corrected chi connectivity index (χ3v) is 12.6. The van der Waals surface area contributed by atoms with Gasteiger partial charge in [0, 0.05) is 13.2 Å². The fourth-order valence-electron chi connectivity index (χ4n) is 8.21. The van der Waals surface area contributed by atoms with Crippen LogP contribution in [-0.4, -0.2) is 26.6 Å². The summed E-state index contributed by atoms with van der Waals surface area (Å²) < 4.78 is 13.7. The Morgan fingerprint density at radius 3 is 1.21 bits per heavy atom. The summed E-state index contributed by atoms with van der Waals surface area (Å²) in [5.74, 6) is 0. The molecule has 2 nitrogen and oxygen atoms in total. The smallest absolute Gasteiger partial charge is 0.176 e. The molecule has 5 rings (SSSR count). The molecule has 2 aromatic carbocycles. The van der Waals surface area contributed by atoms with E-state index >= 15 is 0 Å². The second kappa shape index (κ2) is 11.8. The zero-order valence-electron chi connectivity index (χ0n) is 28.7. The summed E-state index contributed by atoms with van der Waals surface area (Å²) in [6.07, 6.45) is 9.27. The van der Waals surface area contributed by atoms with Crippen LogP contribution in [-0.2, 0) is 9.47 Å². The average Bonchev–Trinajstić information content (AvgIpc) is 3.28. The van der Waals surface area contributed by atoms with Crippen LogP contribution in [0.4, 0.5) is 0 Å². The lowest BCUT2D eigenvalue weighted by Crippen LogP contribution is -2.33. The number of fused-ring (bicyclic) bond motifs is 3. The minimum Gasteiger partial charge on any atom is -0.370 e. The number of rotatable bonds is 10. The Kier molecular flexibility index (Phi) is 8.94. The molecule has 42 heavy (non-hydrogen) atoms. The van der Waals surface area contributed by atoms with Crippen molar-refractivity contribution in [2.45, 2.75) is 132 Å². The van der Waals surface area contributed by atoms with Gasteiger partial charge in [-0.05, 0) is 56.8 Å². The van der Waals surface area contributed by atoms with Crippen LogP contribution in [0, 0.1) is 21.7 Å². The standard InChI is InChI=1S/C38H58B2O2/c1-11-13-19-41-33-31-21-27(39-23-35(3,4)36(5,6)24-39)15-17-29(31)30-18-16-28(22-32(30)34(33)42-20-14-12-2)40-25-37(7,8)38(9,10)26-40/h15-18,21-22,33-34H,11-14,19-20,23-26H2,1-10H3. The van der Waals surface area contributed by atoms with Crippen LogP contribution >= 0.6 is 0 Å². The summed E-state index contributed by atoms with van der Waals surface area (Å²) >= 11 is 0. The van der Waals surface area contributed by atoms with E-state index in [1.807, 2.05) is 0 Å². The van der Waals surface area contributed by atoms with Crippen molar-refractivity contribution in [2.75, 3.05) is 13.2 Å². The number of unbranched alkanes of at least 4 members (excludes halogenated alkanes) is 2. The van der Waals surface area contributed by atoms with Gasteiger partial charge in [0.05, 0.1) is 0 Å². The van der Waals surface area contributed by atoms with Crippen LogP contribution in [0.2, 0.25) is 25.3 Å². The summed E-state index contributed by atoms with van der Waals surface area (Å²) in [5.41, 5.74) is 9.70. The van der Waals surface area contributed by atoms with Crippen LogP contribution < -0.4 is 10.9 Å². The maximum absolute atomic E-state index is 6.86. The van der Waals surface area contributed by atoms with Crippen molar-refractivity contribution >= 4 is 24.4 Å². The lowest BCUT2D eigenvalue weighted by Gasteiger charge is -2.36. The summed E-state index contributed by atoms with van der Waals surface area (Å²) in [4.78, 5) is 0. The Bertz CT molecular complexity index is 1130. The molecule has 2 heterocycles. The van der Waals surface area contributed by atoms with Gasteiger partial charge in [-0.1, -0.05) is 155 Å². The van der Waals surface area contributed by atoms with Crippen molar-refractivity contribution in [3.8, 4) is 11.1 Å². The SMILES string of the molecule is CCCCOC1c2cc(B3CC(C)(C)C(C)(C)C3)ccc2-c2ccc(B3CC(C)(C)C(C)(C)C3)cc2C1OCCCC. The summed E-state index contributed by atoms with van der Waals surface area (Å²) in [5, 5.41) is 0. The summed E-state index contributed by atoms with van der Waals surface area (Å²) in [6, 6.07) is 14.7. The Hall–Kier alpha value is -1.51. The highest BCUT2D eigenvalue weighted by molar-refractivity contribution is 6.74. The van der Waals surface area contributed by atoms with E-state index in [9.17, 15) is 0 Å². The monoisotopic (exact) mass is 568 g/mol. The van der Waals surface area contributed by atoms with Gasteiger partial charge in [0.25, 0.3) is 0 Å². The van der Waals surface area contributed by atoms with Crippen molar-refractivity contribution < 1.29 is 9.47 Å². The van der Waals surface area contributed by atoms with E-state index in [2.05, 4.69) is 106 Å². The largest absolute Gasteiger partial charge is 0.370 e. The fraction of sp³-hybridized carbons (Fsp3) is 0.684. The molecule has 1 aliphatic carbocycles. The van der Waals surface area contributed by atoms with E-state index in [4.69, 9.17) is 9.47 Å². The fourth-order valence-corrected chi connectivity index (χ4v) is 8.21. The molecule has 2 unspecified atom stereocenters. The first kappa shape index (κ1) is 31.9. The molecule has 228 valence electrons. The Labute approximate surface area is 259 Å². The predicted molar refractivity (Wildman–Crippen MR) is 184 cm³/mol. The first-order valence-electron chi connectivity index (χ1n) is 17.2. The van der Waals surface area contributed by atoms with Crippen molar-refractivity contribution in [3.05, 3.63) is 47.5 Å². The number of ether oxygens (including phenoxy) is 2. The van der Waals surface area contributed by atoms with Crippen LogP contribution in [0.15, 0.2) is 36.4 Å². The predicted octanol–water partition coefficient (Wildman–Crippen LogP) is 9.62. The van der Waals surface area contributed by atoms with E-state index < -0.39 is 0 Å². The lowest BCUT2D eigenvalue weighted by molar-refractivity contribution is -0.0804. The minimum atomic E-state index is -0.0648. The van der Waals surface area contributed by atoms with E-state index in [0.717, 1.165) is 38.9 Å². The lowest BCUT2D eigenvalue weighted by atomic mass is 9.41. The van der Waals surface area contributed by atoms with Crippen molar-refractivity contribution in [1.29, 1.82) is 0 Å². The molecule has 2 saturated heterocycles. The molecule has 0 bridgehead atoms. The van der Waals surface area contributed by atoms with Crippen molar-refractivity contribution in [2.24, 2.45) is 21.7 Å². The van der Waals surface area contributed by atoms with Gasteiger partial charge in [-0.3, -0.25) is 0 Å². The van der Waals surface area contributed by atoms with Gasteiger partial charge < -0.3 is 9.47 Å². The molecule has 0 radical (unpaired) electrons. The quantitative estimate of drug-likeness (QED) is 0.210. The molecule has 0 aromatic heterocycles. The third-order valence-electron chi connectivity index (χ3n) is 12.6. The first-order valence-corrected chi connectivity index (χ1v) is 17.2. The van der Waals surface area contributed by atoms with Gasteiger partial charge in [-0.2, -0.15) is 0 Å². The molecule has 3 aliphatic rings. The van der Waals surface area contributed by atoms with E-state index in [-0.39, 0.29) is 12.2 Å². The molecule has 0 N–H and O–H groups in total. The second-order valence-corrected chi connectivity index (χ2v) is 16.7. The van der Waals surface area contributed by atoms with Crippen molar-refractivity contribution in [3.63, 3.8) is 0 Å². The van der Waals surface area contributed by atoms with E-state index in [1.54, 1.807) is 0 Å². The van der Waals surface area contributed by atoms with E-state index in [1.165, 1.54) is 58.5 Å². The van der Waals surface area contributed by atoms with Crippen LogP contribution in [0.1, 0.15) is 118 Å². The normalized spacial score (nSPS) is 25.0. The van der Waals surface area contributed by atoms with Gasteiger partial charge in [0.2, 0.25) is 0 Å². The van der Waals surface area contributed by atoms with Gasteiger partial charge >= 0.3 is 0 Å². The summed E-state index contributed by atoms with van der Waals surface area (Å²) in [6.45, 7) is 26.9. The Balaban J connectivity index is 1.58. The first-order chi connectivity index (χ1) is 19.7. The second-order valence-electron chi connectivity index (χ2n) is 16.7.